The maximum atomic E-state index is 12.7. The number of methoxy groups -OCH3 is 1. The van der Waals surface area contributed by atoms with Gasteiger partial charge in [0.05, 0.1) is 0 Å². The summed E-state index contributed by atoms with van der Waals surface area (Å²) in [5.41, 5.74) is 2.55. The zero-order valence-corrected chi connectivity index (χ0v) is 9.99. The summed E-state index contributed by atoms with van der Waals surface area (Å²) < 4.78 is 47.9. The van der Waals surface area contributed by atoms with Gasteiger partial charge in [0.2, 0.25) is 5.82 Å². The molecule has 1 aliphatic rings. The van der Waals surface area contributed by atoms with Gasteiger partial charge in [-0.15, -0.1) is 0 Å². The lowest BCUT2D eigenvalue weighted by molar-refractivity contribution is -0.190. The van der Waals surface area contributed by atoms with E-state index in [9.17, 15) is 13.2 Å². The van der Waals surface area contributed by atoms with Crippen LogP contribution in [-0.4, -0.2) is 23.4 Å². The molecule has 2 atom stereocenters. The Kier molecular flexibility index (Phi) is 3.10. The van der Waals surface area contributed by atoms with Gasteiger partial charge < -0.3 is 15.0 Å². The monoisotopic (exact) mass is 265 g/mol. The SMILES string of the molecule is COC(c1noc(C(C)(N)C(F)(F)F)n1)C1CC1. The maximum Gasteiger partial charge on any atom is 0.415 e. The molecule has 0 saturated heterocycles. The van der Waals surface area contributed by atoms with Gasteiger partial charge in [0.15, 0.2) is 5.54 Å². The van der Waals surface area contributed by atoms with Crippen molar-refractivity contribution in [2.75, 3.05) is 7.11 Å². The molecule has 8 heteroatoms. The topological polar surface area (TPSA) is 74.2 Å². The Balaban J connectivity index is 2.24. The molecule has 0 bridgehead atoms. The molecule has 2 unspecified atom stereocenters. The number of rotatable bonds is 4. The minimum absolute atomic E-state index is 0.121. The summed E-state index contributed by atoms with van der Waals surface area (Å²) in [6.07, 6.45) is -3.19. The van der Waals surface area contributed by atoms with E-state index in [2.05, 4.69) is 14.7 Å². The first-order valence-corrected chi connectivity index (χ1v) is 5.50. The van der Waals surface area contributed by atoms with Gasteiger partial charge in [-0.1, -0.05) is 5.16 Å². The van der Waals surface area contributed by atoms with Crippen molar-refractivity contribution in [1.29, 1.82) is 0 Å². The smallest absolute Gasteiger partial charge is 0.373 e. The number of aromatic nitrogens is 2. The van der Waals surface area contributed by atoms with Crippen molar-refractivity contribution in [3.63, 3.8) is 0 Å². The Morgan fingerprint density at radius 1 is 1.44 bits per heavy atom. The molecule has 0 aromatic carbocycles. The summed E-state index contributed by atoms with van der Waals surface area (Å²) in [4.78, 5) is 3.73. The van der Waals surface area contributed by atoms with Crippen molar-refractivity contribution in [2.45, 2.75) is 37.6 Å². The Labute approximate surface area is 101 Å². The fourth-order valence-corrected chi connectivity index (χ4v) is 1.59. The van der Waals surface area contributed by atoms with E-state index in [0.717, 1.165) is 19.8 Å². The van der Waals surface area contributed by atoms with Crippen molar-refractivity contribution in [3.8, 4) is 0 Å². The van der Waals surface area contributed by atoms with Crippen molar-refractivity contribution in [1.82, 2.24) is 10.1 Å². The Morgan fingerprint density at radius 3 is 2.50 bits per heavy atom. The van der Waals surface area contributed by atoms with Gasteiger partial charge >= 0.3 is 6.18 Å². The zero-order chi connectivity index (χ0) is 13.6. The van der Waals surface area contributed by atoms with E-state index in [0.29, 0.717) is 0 Å². The summed E-state index contributed by atoms with van der Waals surface area (Å²) in [5, 5.41) is 3.54. The third kappa shape index (κ3) is 2.22. The second kappa shape index (κ2) is 4.20. The molecule has 2 rings (SSSR count). The Hall–Kier alpha value is -1.15. The largest absolute Gasteiger partial charge is 0.415 e. The molecule has 1 heterocycles. The van der Waals surface area contributed by atoms with Crippen LogP contribution in [0.5, 0.6) is 0 Å². The molecular formula is C10H14F3N3O2. The number of nitrogens with two attached hydrogens (primary N) is 1. The van der Waals surface area contributed by atoms with Crippen LogP contribution >= 0.6 is 0 Å². The second-order valence-electron chi connectivity index (χ2n) is 4.65. The quantitative estimate of drug-likeness (QED) is 0.900. The number of halogens is 3. The van der Waals surface area contributed by atoms with E-state index in [1.165, 1.54) is 7.11 Å². The van der Waals surface area contributed by atoms with Gasteiger partial charge in [-0.3, -0.25) is 0 Å². The second-order valence-corrected chi connectivity index (χ2v) is 4.65. The highest BCUT2D eigenvalue weighted by atomic mass is 19.4. The third-order valence-electron chi connectivity index (χ3n) is 3.03. The normalized spacial score (nSPS) is 21.7. The first kappa shape index (κ1) is 13.3. The van der Waals surface area contributed by atoms with E-state index in [1.54, 1.807) is 0 Å². The molecule has 1 fully saturated rings. The summed E-state index contributed by atoms with van der Waals surface area (Å²) in [7, 11) is 1.46. The summed E-state index contributed by atoms with van der Waals surface area (Å²) in [6.45, 7) is 0.795. The van der Waals surface area contributed by atoms with E-state index < -0.39 is 23.7 Å². The van der Waals surface area contributed by atoms with Crippen molar-refractivity contribution in [3.05, 3.63) is 11.7 Å². The van der Waals surface area contributed by atoms with Crippen LogP contribution in [0.25, 0.3) is 0 Å². The maximum absolute atomic E-state index is 12.7. The molecule has 1 saturated carbocycles. The minimum atomic E-state index is -4.65. The Morgan fingerprint density at radius 2 is 2.06 bits per heavy atom. The highest BCUT2D eigenvalue weighted by Gasteiger charge is 2.54. The van der Waals surface area contributed by atoms with E-state index in [1.807, 2.05) is 0 Å². The van der Waals surface area contributed by atoms with Gasteiger partial charge in [0.25, 0.3) is 5.89 Å². The van der Waals surface area contributed by atoms with Crippen LogP contribution < -0.4 is 5.73 Å². The fourth-order valence-electron chi connectivity index (χ4n) is 1.59. The predicted molar refractivity (Wildman–Crippen MR) is 54.4 cm³/mol. The molecule has 1 aliphatic carbocycles. The lowest BCUT2D eigenvalue weighted by Gasteiger charge is -2.22. The van der Waals surface area contributed by atoms with Crippen LogP contribution in [-0.2, 0) is 10.3 Å². The van der Waals surface area contributed by atoms with Crippen LogP contribution in [0.3, 0.4) is 0 Å². The van der Waals surface area contributed by atoms with Crippen LogP contribution in [0.1, 0.15) is 37.6 Å². The van der Waals surface area contributed by atoms with Gasteiger partial charge in [-0.2, -0.15) is 18.2 Å². The highest BCUT2D eigenvalue weighted by molar-refractivity contribution is 5.06. The third-order valence-corrected chi connectivity index (χ3v) is 3.03. The lowest BCUT2D eigenvalue weighted by atomic mass is 10.0. The first-order chi connectivity index (χ1) is 8.27. The average Bonchev–Trinajstić information content (AvgIpc) is 2.94. The minimum Gasteiger partial charge on any atom is -0.373 e. The van der Waals surface area contributed by atoms with Crippen LogP contribution in [0, 0.1) is 5.92 Å². The van der Waals surface area contributed by atoms with E-state index in [-0.39, 0.29) is 11.7 Å². The molecule has 1 aromatic rings. The molecule has 5 nitrogen and oxygen atoms in total. The van der Waals surface area contributed by atoms with E-state index >= 15 is 0 Å². The number of alkyl halides is 3. The number of hydrogen-bond donors (Lipinski definition) is 1. The molecular weight excluding hydrogens is 251 g/mol. The van der Waals surface area contributed by atoms with Crippen LogP contribution in [0.15, 0.2) is 4.52 Å². The molecule has 1 aromatic heterocycles. The molecule has 0 radical (unpaired) electrons. The number of ether oxygens (including phenoxy) is 1. The van der Waals surface area contributed by atoms with Crippen molar-refractivity contribution < 1.29 is 22.4 Å². The first-order valence-electron chi connectivity index (χ1n) is 5.50. The van der Waals surface area contributed by atoms with Gasteiger partial charge in [0.1, 0.15) is 6.10 Å². The molecule has 0 aliphatic heterocycles. The Bertz CT molecular complexity index is 426. The molecule has 2 N–H and O–H groups in total. The molecule has 0 amide bonds. The van der Waals surface area contributed by atoms with Crippen molar-refractivity contribution >= 4 is 0 Å². The highest BCUT2D eigenvalue weighted by Crippen LogP contribution is 2.43. The fraction of sp³-hybridized carbons (Fsp3) is 0.800. The molecule has 0 spiro atoms. The predicted octanol–water partition coefficient (Wildman–Crippen LogP) is 1.90. The van der Waals surface area contributed by atoms with Gasteiger partial charge in [-0.25, -0.2) is 0 Å². The van der Waals surface area contributed by atoms with Crippen LogP contribution in [0.4, 0.5) is 13.2 Å². The summed E-state index contributed by atoms with van der Waals surface area (Å²) >= 11 is 0. The van der Waals surface area contributed by atoms with Gasteiger partial charge in [0, 0.05) is 7.11 Å². The van der Waals surface area contributed by atoms with Crippen LogP contribution in [0.2, 0.25) is 0 Å². The van der Waals surface area contributed by atoms with Crippen molar-refractivity contribution in [2.24, 2.45) is 11.7 Å². The average molecular weight is 265 g/mol. The number of nitrogens with zero attached hydrogens (tertiary/aromatic N) is 2. The zero-order valence-electron chi connectivity index (χ0n) is 9.99. The molecule has 18 heavy (non-hydrogen) atoms. The van der Waals surface area contributed by atoms with Gasteiger partial charge in [-0.05, 0) is 25.7 Å². The van der Waals surface area contributed by atoms with E-state index in [4.69, 9.17) is 10.5 Å². The number of hydrogen-bond acceptors (Lipinski definition) is 5. The standard InChI is InChI=1S/C10H14F3N3O2/c1-9(14,10(11,12)13)8-15-7(16-18-8)6(17-2)5-3-4-5/h5-6H,3-4,14H2,1-2H3. The lowest BCUT2D eigenvalue weighted by Crippen LogP contribution is -2.48. The summed E-state index contributed by atoms with van der Waals surface area (Å²) in [6, 6.07) is 0. The molecule has 102 valence electrons. The summed E-state index contributed by atoms with van der Waals surface area (Å²) in [5.74, 6) is -0.279.